The van der Waals surface area contributed by atoms with Crippen LogP contribution in [0, 0.1) is 5.82 Å². The molecule has 0 aliphatic heterocycles. The number of hydrogen-bond acceptors (Lipinski definition) is 3. The van der Waals surface area contributed by atoms with Crippen LogP contribution in [-0.2, 0) is 11.3 Å². The van der Waals surface area contributed by atoms with Crippen LogP contribution < -0.4 is 5.73 Å². The number of nitrogen functional groups attached to an aromatic ring is 1. The lowest BCUT2D eigenvalue weighted by molar-refractivity contribution is 0.0469. The molecule has 2 aromatic rings. The first kappa shape index (κ1) is 14.6. The highest BCUT2D eigenvalue weighted by Crippen LogP contribution is 2.22. The van der Waals surface area contributed by atoms with E-state index in [2.05, 4.69) is 0 Å². The highest BCUT2D eigenvalue weighted by atomic mass is 35.5. The number of carbonyl (C=O) groups excluding carboxylic acids is 1. The first-order valence-corrected chi connectivity index (χ1v) is 6.39. The van der Waals surface area contributed by atoms with Crippen molar-refractivity contribution in [2.75, 3.05) is 5.73 Å². The lowest BCUT2D eigenvalue weighted by atomic mass is 10.2. The van der Waals surface area contributed by atoms with Gasteiger partial charge in [0, 0.05) is 11.3 Å². The molecular formula is C14H10Cl2FNO2. The van der Waals surface area contributed by atoms with E-state index in [1.54, 1.807) is 6.07 Å². The fraction of sp³-hybridized carbons (Fsp3) is 0.0714. The molecule has 2 rings (SSSR count). The minimum Gasteiger partial charge on any atom is -0.457 e. The van der Waals surface area contributed by atoms with Gasteiger partial charge in [0.2, 0.25) is 0 Å². The second kappa shape index (κ2) is 6.11. The van der Waals surface area contributed by atoms with Crippen LogP contribution in [0.3, 0.4) is 0 Å². The summed E-state index contributed by atoms with van der Waals surface area (Å²) < 4.78 is 18.6. The molecule has 0 atom stereocenters. The van der Waals surface area contributed by atoms with Crippen molar-refractivity contribution in [3.05, 3.63) is 63.4 Å². The molecule has 0 saturated carbocycles. The van der Waals surface area contributed by atoms with Crippen LogP contribution in [0.15, 0.2) is 36.4 Å². The molecule has 0 amide bonds. The second-order valence-corrected chi connectivity index (χ2v) is 4.84. The Morgan fingerprint density at radius 2 is 1.95 bits per heavy atom. The van der Waals surface area contributed by atoms with Gasteiger partial charge in [0.15, 0.2) is 0 Å². The van der Waals surface area contributed by atoms with Crippen molar-refractivity contribution in [2.24, 2.45) is 0 Å². The quantitative estimate of drug-likeness (QED) is 0.686. The van der Waals surface area contributed by atoms with Crippen molar-refractivity contribution < 1.29 is 13.9 Å². The molecule has 0 aliphatic carbocycles. The molecule has 2 aromatic carbocycles. The van der Waals surface area contributed by atoms with Gasteiger partial charge < -0.3 is 10.5 Å². The zero-order chi connectivity index (χ0) is 14.7. The van der Waals surface area contributed by atoms with Crippen LogP contribution in [0.1, 0.15) is 15.9 Å². The highest BCUT2D eigenvalue weighted by molar-refractivity contribution is 6.33. The lowest BCUT2D eigenvalue weighted by Gasteiger charge is -2.08. The summed E-state index contributed by atoms with van der Waals surface area (Å²) in [5.74, 6) is -1.26. The van der Waals surface area contributed by atoms with Crippen molar-refractivity contribution in [1.82, 2.24) is 0 Å². The fourth-order valence-electron chi connectivity index (χ4n) is 1.58. The molecule has 0 radical (unpaired) electrons. The van der Waals surface area contributed by atoms with E-state index in [0.717, 1.165) is 0 Å². The van der Waals surface area contributed by atoms with E-state index in [4.69, 9.17) is 33.7 Å². The third kappa shape index (κ3) is 3.21. The second-order valence-electron chi connectivity index (χ2n) is 4.03. The number of anilines is 1. The first-order chi connectivity index (χ1) is 9.49. The maximum atomic E-state index is 13.6. The van der Waals surface area contributed by atoms with E-state index in [-0.39, 0.29) is 27.8 Å². The number of hydrogen-bond donors (Lipinski definition) is 1. The van der Waals surface area contributed by atoms with E-state index < -0.39 is 11.8 Å². The molecular weight excluding hydrogens is 304 g/mol. The van der Waals surface area contributed by atoms with Gasteiger partial charge in [-0.1, -0.05) is 35.3 Å². The molecule has 0 spiro atoms. The Kier molecular flexibility index (Phi) is 4.47. The summed E-state index contributed by atoms with van der Waals surface area (Å²) in [7, 11) is 0. The Morgan fingerprint density at radius 1 is 1.20 bits per heavy atom. The van der Waals surface area contributed by atoms with Gasteiger partial charge in [-0.25, -0.2) is 9.18 Å². The Labute approximate surface area is 125 Å². The molecule has 0 aliphatic rings. The smallest absolute Gasteiger partial charge is 0.339 e. The Bertz CT molecular complexity index is 662. The summed E-state index contributed by atoms with van der Waals surface area (Å²) in [5, 5.41) is 0.158. The van der Waals surface area contributed by atoms with Gasteiger partial charge in [-0.15, -0.1) is 0 Å². The van der Waals surface area contributed by atoms with Crippen molar-refractivity contribution >= 4 is 34.9 Å². The Morgan fingerprint density at radius 3 is 2.65 bits per heavy atom. The molecule has 6 heteroatoms. The van der Waals surface area contributed by atoms with Crippen LogP contribution in [0.4, 0.5) is 10.1 Å². The number of ether oxygens (including phenoxy) is 1. The molecule has 3 nitrogen and oxygen atoms in total. The maximum absolute atomic E-state index is 13.6. The van der Waals surface area contributed by atoms with E-state index in [1.165, 1.54) is 30.3 Å². The Hall–Kier alpha value is -1.78. The van der Waals surface area contributed by atoms with Gasteiger partial charge in [-0.2, -0.15) is 0 Å². The van der Waals surface area contributed by atoms with Crippen molar-refractivity contribution in [3.63, 3.8) is 0 Å². The Balaban J connectivity index is 2.11. The van der Waals surface area contributed by atoms with E-state index in [1.807, 2.05) is 0 Å². The topological polar surface area (TPSA) is 52.3 Å². The van der Waals surface area contributed by atoms with Gasteiger partial charge >= 0.3 is 5.97 Å². The van der Waals surface area contributed by atoms with Gasteiger partial charge in [0.25, 0.3) is 0 Å². The standard InChI is InChI=1S/C14H10Cl2FNO2/c15-11-3-1-2-8(13(11)17)7-20-14(19)10-5-4-9(18)6-12(10)16/h1-6H,7,18H2. The zero-order valence-electron chi connectivity index (χ0n) is 10.2. The fourth-order valence-corrected chi connectivity index (χ4v) is 2.04. The third-order valence-corrected chi connectivity index (χ3v) is 3.21. The molecule has 0 heterocycles. The normalized spacial score (nSPS) is 10.3. The molecule has 20 heavy (non-hydrogen) atoms. The summed E-state index contributed by atoms with van der Waals surface area (Å²) in [6, 6.07) is 8.90. The SMILES string of the molecule is Nc1ccc(C(=O)OCc2cccc(Cl)c2F)c(Cl)c1. The molecule has 0 aromatic heterocycles. The molecule has 0 bridgehead atoms. The van der Waals surface area contributed by atoms with Crippen LogP contribution >= 0.6 is 23.2 Å². The number of nitrogens with two attached hydrogens (primary N) is 1. The monoisotopic (exact) mass is 313 g/mol. The molecule has 0 fully saturated rings. The van der Waals surface area contributed by atoms with Crippen molar-refractivity contribution in [1.29, 1.82) is 0 Å². The van der Waals surface area contributed by atoms with Crippen molar-refractivity contribution in [2.45, 2.75) is 6.61 Å². The number of halogens is 3. The summed E-state index contributed by atoms with van der Waals surface area (Å²) in [6.45, 7) is -0.230. The van der Waals surface area contributed by atoms with E-state index in [9.17, 15) is 9.18 Å². The minimum absolute atomic E-state index is 0.0240. The molecule has 0 unspecified atom stereocenters. The number of benzene rings is 2. The predicted molar refractivity (Wildman–Crippen MR) is 76.4 cm³/mol. The van der Waals surface area contributed by atoms with Crippen LogP contribution in [0.5, 0.6) is 0 Å². The first-order valence-electron chi connectivity index (χ1n) is 5.64. The molecule has 2 N–H and O–H groups in total. The summed E-state index contributed by atoms with van der Waals surface area (Å²) >= 11 is 11.5. The average molecular weight is 314 g/mol. The highest BCUT2D eigenvalue weighted by Gasteiger charge is 2.14. The van der Waals surface area contributed by atoms with Gasteiger partial charge in [-0.3, -0.25) is 0 Å². The van der Waals surface area contributed by atoms with Gasteiger partial charge in [-0.05, 0) is 24.3 Å². The van der Waals surface area contributed by atoms with Crippen molar-refractivity contribution in [3.8, 4) is 0 Å². The molecule has 104 valence electrons. The summed E-state index contributed by atoms with van der Waals surface area (Å²) in [6.07, 6.45) is 0. The lowest BCUT2D eigenvalue weighted by Crippen LogP contribution is -2.07. The summed E-state index contributed by atoms with van der Waals surface area (Å²) in [5.41, 5.74) is 6.33. The minimum atomic E-state index is -0.658. The summed E-state index contributed by atoms with van der Waals surface area (Å²) in [4.78, 5) is 11.8. The third-order valence-electron chi connectivity index (χ3n) is 2.60. The molecule has 0 saturated heterocycles. The average Bonchev–Trinajstić information content (AvgIpc) is 2.40. The van der Waals surface area contributed by atoms with Crippen LogP contribution in [-0.4, -0.2) is 5.97 Å². The van der Waals surface area contributed by atoms with E-state index >= 15 is 0 Å². The van der Waals surface area contributed by atoms with Crippen LogP contribution in [0.2, 0.25) is 10.0 Å². The maximum Gasteiger partial charge on any atom is 0.339 e. The van der Waals surface area contributed by atoms with Crippen LogP contribution in [0.25, 0.3) is 0 Å². The number of esters is 1. The largest absolute Gasteiger partial charge is 0.457 e. The predicted octanol–water partition coefficient (Wildman–Crippen LogP) is 4.07. The zero-order valence-corrected chi connectivity index (χ0v) is 11.7. The van der Waals surface area contributed by atoms with Gasteiger partial charge in [0.1, 0.15) is 12.4 Å². The number of rotatable bonds is 3. The van der Waals surface area contributed by atoms with Gasteiger partial charge in [0.05, 0.1) is 15.6 Å². The van der Waals surface area contributed by atoms with E-state index in [0.29, 0.717) is 5.69 Å². The number of carbonyl (C=O) groups is 1.